The summed E-state index contributed by atoms with van der Waals surface area (Å²) >= 11 is 24.2. The Morgan fingerprint density at radius 3 is 1.50 bits per heavy atom. The van der Waals surface area contributed by atoms with Gasteiger partial charge in [0.1, 0.15) is 0 Å². The predicted molar refractivity (Wildman–Crippen MR) is 332 cm³/mol. The predicted octanol–water partition coefficient (Wildman–Crippen LogP) is 13.7. The number of benzene rings is 4. The molecular formula is C59H61Br2Cl3N12O4. The number of fused-ring (bicyclic) bond motifs is 2. The fourth-order valence-corrected chi connectivity index (χ4v) is 10.3. The normalized spacial score (nSPS) is 16.8. The number of nitrogens with one attached hydrogen (secondary N) is 7. The van der Waals surface area contributed by atoms with Gasteiger partial charge in [-0.15, -0.1) is 0 Å². The van der Waals surface area contributed by atoms with Gasteiger partial charge in [-0.25, -0.2) is 19.9 Å². The van der Waals surface area contributed by atoms with Crippen LogP contribution in [0.1, 0.15) is 79.5 Å². The third-order valence-electron chi connectivity index (χ3n) is 13.1. The fraction of sp³-hybridized carbons (Fsp3) is 0.254. The highest BCUT2D eigenvalue weighted by Crippen LogP contribution is 2.35. The van der Waals surface area contributed by atoms with Crippen molar-refractivity contribution in [2.75, 3.05) is 32.3 Å². The zero-order chi connectivity index (χ0) is 55.7. The Bertz CT molecular complexity index is 3450. The van der Waals surface area contributed by atoms with E-state index in [0.29, 0.717) is 66.5 Å². The number of hydrogen-bond donors (Lipinski definition) is 8. The summed E-state index contributed by atoms with van der Waals surface area (Å²) in [6.45, 7) is 0. The van der Waals surface area contributed by atoms with E-state index in [-0.39, 0.29) is 49.3 Å². The van der Waals surface area contributed by atoms with E-state index < -0.39 is 5.24 Å². The number of halogens is 5. The molecule has 16 nitrogen and oxygen atoms in total. The molecule has 416 valence electrons. The Labute approximate surface area is 496 Å². The van der Waals surface area contributed by atoms with Crippen LogP contribution in [0.15, 0.2) is 146 Å². The van der Waals surface area contributed by atoms with Crippen molar-refractivity contribution in [3.05, 3.63) is 167 Å². The van der Waals surface area contributed by atoms with E-state index in [1.165, 1.54) is 12.2 Å². The largest absolute Gasteiger partial charge is 0.399 e. The number of aromatic nitrogens is 6. The molecule has 0 spiro atoms. The van der Waals surface area contributed by atoms with Gasteiger partial charge < -0.3 is 42.3 Å². The van der Waals surface area contributed by atoms with Crippen LogP contribution in [0, 0.1) is 0 Å². The van der Waals surface area contributed by atoms with Crippen LogP contribution in [0.4, 0.5) is 23.3 Å². The molecule has 4 atom stereocenters. The highest BCUT2D eigenvalue weighted by molar-refractivity contribution is 9.09. The zero-order valence-corrected chi connectivity index (χ0v) is 48.1. The summed E-state index contributed by atoms with van der Waals surface area (Å²) in [7, 11) is 0. The van der Waals surface area contributed by atoms with Crippen molar-refractivity contribution in [3.8, 4) is 22.5 Å². The Morgan fingerprint density at radius 2 is 1.05 bits per heavy atom. The zero-order valence-electron chi connectivity index (χ0n) is 42.6. The van der Waals surface area contributed by atoms with Gasteiger partial charge in [-0.1, -0.05) is 111 Å². The first-order valence-electron chi connectivity index (χ1n) is 25.6. The highest BCUT2D eigenvalue weighted by Gasteiger charge is 2.27. The summed E-state index contributed by atoms with van der Waals surface area (Å²) in [5.41, 5.74) is 13.4. The number of H-pyrrole nitrogens is 2. The van der Waals surface area contributed by atoms with Gasteiger partial charge in [0.05, 0.1) is 33.8 Å². The van der Waals surface area contributed by atoms with Gasteiger partial charge in [0.25, 0.3) is 11.8 Å². The second kappa shape index (κ2) is 29.9. The second-order valence-corrected chi connectivity index (χ2v) is 21.2. The van der Waals surface area contributed by atoms with Crippen LogP contribution in [0.25, 0.3) is 44.3 Å². The number of amides is 3. The Balaban J connectivity index is 0.000000206. The molecule has 0 bridgehead atoms. The van der Waals surface area contributed by atoms with E-state index in [4.69, 9.17) is 50.5 Å². The topological polar surface area (TPSA) is 238 Å². The van der Waals surface area contributed by atoms with Crippen LogP contribution >= 0.6 is 66.7 Å². The molecule has 3 amide bonds. The number of anilines is 4. The van der Waals surface area contributed by atoms with Crippen LogP contribution in [-0.2, 0) is 9.59 Å². The molecule has 80 heavy (non-hydrogen) atoms. The number of allylic oxidation sites excluding steroid dienone is 3. The molecule has 4 aromatic heterocycles. The Morgan fingerprint density at radius 1 is 0.613 bits per heavy atom. The lowest BCUT2D eigenvalue weighted by Gasteiger charge is -2.30. The fourth-order valence-electron chi connectivity index (χ4n) is 9.40. The minimum Gasteiger partial charge on any atom is -0.399 e. The van der Waals surface area contributed by atoms with E-state index in [9.17, 15) is 19.2 Å². The van der Waals surface area contributed by atoms with Gasteiger partial charge in [-0.2, -0.15) is 0 Å². The number of hydrogen-bond acceptors (Lipinski definition) is 11. The number of carbonyl (C=O) groups excluding carboxylic acids is 4. The minimum absolute atomic E-state index is 0. The average Bonchev–Trinajstić information content (AvgIpc) is 4.11. The van der Waals surface area contributed by atoms with E-state index in [1.54, 1.807) is 73.1 Å². The number of aromatic amines is 2. The van der Waals surface area contributed by atoms with Crippen LogP contribution in [0.2, 0.25) is 10.0 Å². The molecule has 2 saturated carbocycles. The number of nitrogen functional groups attached to an aromatic ring is 1. The molecule has 0 unspecified atom stereocenters. The van der Waals surface area contributed by atoms with Crippen molar-refractivity contribution in [1.82, 2.24) is 40.5 Å². The van der Waals surface area contributed by atoms with E-state index in [2.05, 4.69) is 78.4 Å². The molecule has 2 fully saturated rings. The van der Waals surface area contributed by atoms with Crippen molar-refractivity contribution in [1.29, 1.82) is 0 Å². The summed E-state index contributed by atoms with van der Waals surface area (Å²) in [6.07, 6.45) is 20.5. The maximum Gasteiger partial charge on any atom is 0.251 e. The highest BCUT2D eigenvalue weighted by atomic mass is 79.9. The number of carbonyl (C=O) groups is 4. The quantitative estimate of drug-likeness (QED) is 0.0208. The molecule has 9 N–H and O–H groups in total. The van der Waals surface area contributed by atoms with E-state index >= 15 is 0 Å². The maximum absolute atomic E-state index is 12.9. The summed E-state index contributed by atoms with van der Waals surface area (Å²) in [4.78, 5) is 72.0. The minimum atomic E-state index is -0.431. The van der Waals surface area contributed by atoms with Gasteiger partial charge >= 0.3 is 0 Å². The summed E-state index contributed by atoms with van der Waals surface area (Å²) in [5.74, 6) is 0.619. The average molecular weight is 1270 g/mol. The van der Waals surface area contributed by atoms with Gasteiger partial charge in [0.15, 0.2) is 0 Å². The lowest BCUT2D eigenvalue weighted by molar-refractivity contribution is -0.112. The third-order valence-corrected chi connectivity index (χ3v) is 14.6. The molecule has 8 aromatic rings. The summed E-state index contributed by atoms with van der Waals surface area (Å²) in [6, 6.07) is 30.3. The van der Waals surface area contributed by atoms with Crippen LogP contribution < -0.4 is 32.3 Å². The first-order chi connectivity index (χ1) is 38.3. The first-order valence-corrected chi connectivity index (χ1v) is 29.0. The van der Waals surface area contributed by atoms with Gasteiger partial charge in [-0.05, 0) is 130 Å². The third kappa shape index (κ3) is 17.0. The molecule has 2 aliphatic carbocycles. The van der Waals surface area contributed by atoms with Crippen molar-refractivity contribution < 1.29 is 19.2 Å². The second-order valence-electron chi connectivity index (χ2n) is 18.7. The van der Waals surface area contributed by atoms with Crippen LogP contribution in [-0.4, -0.2) is 87.7 Å². The summed E-state index contributed by atoms with van der Waals surface area (Å²) in [5, 5.41) is 19.9. The monoisotopic (exact) mass is 1260 g/mol. The smallest absolute Gasteiger partial charge is 0.251 e. The van der Waals surface area contributed by atoms with Crippen molar-refractivity contribution >= 4 is 135 Å². The van der Waals surface area contributed by atoms with Gasteiger partial charge in [0.2, 0.25) is 23.0 Å². The molecule has 0 radical (unpaired) electrons. The SMILES string of the molecule is C.Nc1ccc(C(=O)N[C@H]2CCC[C@@H](Nc3ncc(Cl)c(-c4c[nH]c5ccccc45)n3)C2)cc1.O=C(/C=C/CBr)Nc1ccc(C(=O)N[C@H]2CCC[C@@H](Nc3ncc(Cl)c(-c4c[nH]c5ccccc45)n3)C2)cc1.O=C(Cl)/C=C/CBr. The standard InChI is InChI=1S/C29H28BrClN6O2.C25H25ClN6O.C4H4BrClO.CH4/c30-14-4-9-26(38)34-19-12-10-18(11-13-19)28(39)35-20-5-3-6-21(15-20)36-29-33-17-24(31)27(37-29)23-16-32-25-8-2-1-7-22(23)25;26-21-14-29-25(32-23(21)20-13-28-22-7-2-1-6-19(20)22)31-18-5-3-4-17(12-18)30-24(33)15-8-10-16(27)11-9-15;5-3-1-2-4(6)7;/h1-2,4,7-13,16-17,20-21,32H,3,5-6,14-15H2,(H,34,38)(H,35,39)(H,33,36,37);1-2,6-11,13-14,17-18,28H,3-5,12,27H2,(H,30,33)(H,29,31,32);1-2H,3H2;1H4/b9-4+;;2-1+;/t20-,21+;17-,18+;;/m00../s1. The van der Waals surface area contributed by atoms with Crippen LogP contribution in [0.5, 0.6) is 0 Å². The number of alkyl halides is 2. The van der Waals surface area contributed by atoms with Crippen molar-refractivity contribution in [2.45, 2.75) is 83.0 Å². The van der Waals surface area contributed by atoms with E-state index in [0.717, 1.165) is 84.3 Å². The van der Waals surface area contributed by atoms with Crippen LogP contribution in [0.3, 0.4) is 0 Å². The lowest BCUT2D eigenvalue weighted by Crippen LogP contribution is -2.42. The number of nitrogens with two attached hydrogens (primary N) is 1. The van der Waals surface area contributed by atoms with Gasteiger partial charge in [-0.3, -0.25) is 19.2 Å². The molecule has 21 heteroatoms. The van der Waals surface area contributed by atoms with Crippen molar-refractivity contribution in [3.63, 3.8) is 0 Å². The maximum atomic E-state index is 12.9. The molecular weight excluding hydrogens is 1210 g/mol. The molecule has 0 aliphatic heterocycles. The molecule has 2 aliphatic rings. The first kappa shape index (κ1) is 60.5. The summed E-state index contributed by atoms with van der Waals surface area (Å²) < 4.78 is 0. The number of nitrogens with zero attached hydrogens (tertiary/aromatic N) is 4. The number of para-hydroxylation sites is 2. The molecule has 4 aromatic carbocycles. The molecule has 0 saturated heterocycles. The van der Waals surface area contributed by atoms with Gasteiger partial charge in [0, 0.05) is 109 Å². The molecule has 4 heterocycles. The Kier molecular flexibility index (Phi) is 22.7. The van der Waals surface area contributed by atoms with Crippen molar-refractivity contribution in [2.24, 2.45) is 0 Å². The van der Waals surface area contributed by atoms with E-state index in [1.807, 2.05) is 60.9 Å². The Hall–Kier alpha value is -7.09. The number of rotatable bonds is 15. The lowest BCUT2D eigenvalue weighted by atomic mass is 9.91. The molecule has 10 rings (SSSR count).